The van der Waals surface area contributed by atoms with Gasteiger partial charge >= 0.3 is 11.9 Å². The highest BCUT2D eigenvalue weighted by Gasteiger charge is 2.54. The maximum atomic E-state index is 12.6. The molecule has 1 saturated carbocycles. The maximum Gasteiger partial charge on any atom is 0.323 e. The Kier molecular flexibility index (Phi) is 7.20. The molecular formula is C17H30O4. The number of rotatable bonds is 7. The van der Waals surface area contributed by atoms with Crippen LogP contribution in [0.4, 0.5) is 0 Å². The minimum atomic E-state index is -1.10. The first kappa shape index (κ1) is 18.0. The van der Waals surface area contributed by atoms with Crippen molar-refractivity contribution in [3.05, 3.63) is 0 Å². The van der Waals surface area contributed by atoms with E-state index in [1.807, 2.05) is 6.92 Å². The lowest BCUT2D eigenvalue weighted by atomic mass is 9.65. The topological polar surface area (TPSA) is 52.6 Å². The first-order valence-corrected chi connectivity index (χ1v) is 8.37. The van der Waals surface area contributed by atoms with Crippen LogP contribution in [0.5, 0.6) is 0 Å². The van der Waals surface area contributed by atoms with E-state index < -0.39 is 5.41 Å². The first-order valence-electron chi connectivity index (χ1n) is 8.37. The molecule has 0 aliphatic heterocycles. The van der Waals surface area contributed by atoms with E-state index in [4.69, 9.17) is 9.47 Å². The van der Waals surface area contributed by atoms with Gasteiger partial charge in [-0.05, 0) is 44.9 Å². The lowest BCUT2D eigenvalue weighted by Gasteiger charge is -2.39. The Hall–Kier alpha value is -1.06. The van der Waals surface area contributed by atoms with Crippen molar-refractivity contribution in [2.24, 2.45) is 17.3 Å². The second kappa shape index (κ2) is 8.40. The van der Waals surface area contributed by atoms with Crippen LogP contribution in [0.2, 0.25) is 0 Å². The normalized spacial score (nSPS) is 22.7. The number of carbonyl (C=O) groups excluding carboxylic acids is 2. The summed E-state index contributed by atoms with van der Waals surface area (Å²) in [6.45, 7) is 8.39. The Morgan fingerprint density at radius 3 is 1.81 bits per heavy atom. The molecular weight excluding hydrogens is 268 g/mol. The molecule has 0 unspecified atom stereocenters. The number of ether oxygens (including phenoxy) is 2. The molecule has 0 amide bonds. The number of esters is 2. The molecule has 4 heteroatoms. The van der Waals surface area contributed by atoms with Crippen molar-refractivity contribution in [1.82, 2.24) is 0 Å². The predicted molar refractivity (Wildman–Crippen MR) is 81.7 cm³/mol. The minimum Gasteiger partial charge on any atom is -0.465 e. The first-order chi connectivity index (χ1) is 10.0. The zero-order valence-corrected chi connectivity index (χ0v) is 13.9. The van der Waals surface area contributed by atoms with Crippen molar-refractivity contribution < 1.29 is 19.1 Å². The summed E-state index contributed by atoms with van der Waals surface area (Å²) in [5, 5.41) is 0. The van der Waals surface area contributed by atoms with Gasteiger partial charge < -0.3 is 9.47 Å². The number of hydrogen-bond donors (Lipinski definition) is 0. The summed E-state index contributed by atoms with van der Waals surface area (Å²) in [7, 11) is 0. The predicted octanol–water partition coefficient (Wildman–Crippen LogP) is 3.73. The van der Waals surface area contributed by atoms with Crippen LogP contribution in [0, 0.1) is 17.3 Å². The summed E-state index contributed by atoms with van der Waals surface area (Å²) < 4.78 is 10.5. The van der Waals surface area contributed by atoms with Crippen molar-refractivity contribution in [3.8, 4) is 0 Å². The fraction of sp³-hybridized carbons (Fsp3) is 0.882. The van der Waals surface area contributed by atoms with Gasteiger partial charge in [-0.2, -0.15) is 0 Å². The minimum absolute atomic E-state index is 0.0479. The molecule has 0 radical (unpaired) electrons. The molecule has 1 aliphatic carbocycles. The molecule has 0 N–H and O–H groups in total. The number of carbonyl (C=O) groups is 2. The zero-order chi connectivity index (χ0) is 15.9. The van der Waals surface area contributed by atoms with E-state index in [1.54, 1.807) is 13.8 Å². The summed E-state index contributed by atoms with van der Waals surface area (Å²) in [6, 6.07) is 0. The average molecular weight is 298 g/mol. The Morgan fingerprint density at radius 1 is 0.952 bits per heavy atom. The summed E-state index contributed by atoms with van der Waals surface area (Å²) in [4.78, 5) is 25.3. The summed E-state index contributed by atoms with van der Waals surface area (Å²) >= 11 is 0. The van der Waals surface area contributed by atoms with Crippen molar-refractivity contribution in [2.45, 2.75) is 66.2 Å². The molecule has 0 aromatic heterocycles. The Bertz CT molecular complexity index is 325. The van der Waals surface area contributed by atoms with E-state index in [1.165, 1.54) is 0 Å². The molecule has 122 valence electrons. The van der Waals surface area contributed by atoms with Gasteiger partial charge in [-0.1, -0.05) is 33.1 Å². The van der Waals surface area contributed by atoms with E-state index in [0.717, 1.165) is 32.1 Å². The molecule has 1 rings (SSSR count). The van der Waals surface area contributed by atoms with Crippen molar-refractivity contribution >= 4 is 11.9 Å². The fourth-order valence-electron chi connectivity index (χ4n) is 3.49. The molecule has 0 heterocycles. The van der Waals surface area contributed by atoms with Gasteiger partial charge in [0.15, 0.2) is 5.41 Å². The zero-order valence-electron chi connectivity index (χ0n) is 13.9. The van der Waals surface area contributed by atoms with Gasteiger partial charge in [0.2, 0.25) is 0 Å². The third kappa shape index (κ3) is 3.98. The summed E-state index contributed by atoms with van der Waals surface area (Å²) in [5.74, 6) is -0.0496. The van der Waals surface area contributed by atoms with Crippen molar-refractivity contribution in [1.29, 1.82) is 0 Å². The molecule has 0 saturated heterocycles. The van der Waals surface area contributed by atoms with Gasteiger partial charge in [0.25, 0.3) is 0 Å². The average Bonchev–Trinajstić information content (AvgIpc) is 2.46. The Labute approximate surface area is 128 Å². The third-order valence-corrected chi connectivity index (χ3v) is 4.64. The largest absolute Gasteiger partial charge is 0.465 e. The highest BCUT2D eigenvalue weighted by molar-refractivity contribution is 6.00. The highest BCUT2D eigenvalue weighted by atomic mass is 16.6. The van der Waals surface area contributed by atoms with Gasteiger partial charge in [0.05, 0.1) is 13.2 Å². The summed E-state index contributed by atoms with van der Waals surface area (Å²) in [5.41, 5.74) is -1.10. The highest BCUT2D eigenvalue weighted by Crippen LogP contribution is 2.45. The van der Waals surface area contributed by atoms with Crippen LogP contribution in [0.15, 0.2) is 0 Å². The standard InChI is InChI=1S/C17H30O4/c1-5-12-17(15(18)20-6-2,16(19)21-7-3)14-10-8-13(4)9-11-14/h13-14H,5-12H2,1-4H3. The SMILES string of the molecule is CCCC(C(=O)OCC)(C(=O)OCC)C1CCC(C)CC1. The quantitative estimate of drug-likeness (QED) is 0.531. The molecule has 0 spiro atoms. The van der Waals surface area contributed by atoms with Crippen LogP contribution in [-0.2, 0) is 19.1 Å². The van der Waals surface area contributed by atoms with E-state index in [9.17, 15) is 9.59 Å². The van der Waals surface area contributed by atoms with E-state index in [-0.39, 0.29) is 17.9 Å². The second-order valence-electron chi connectivity index (χ2n) is 6.12. The lowest BCUT2D eigenvalue weighted by Crippen LogP contribution is -2.49. The second-order valence-corrected chi connectivity index (χ2v) is 6.12. The smallest absolute Gasteiger partial charge is 0.323 e. The van der Waals surface area contributed by atoms with E-state index in [0.29, 0.717) is 25.6 Å². The molecule has 1 fully saturated rings. The molecule has 0 aromatic carbocycles. The molecule has 0 atom stereocenters. The number of hydrogen-bond acceptors (Lipinski definition) is 4. The van der Waals surface area contributed by atoms with Gasteiger partial charge in [0, 0.05) is 0 Å². The molecule has 1 aliphatic rings. The van der Waals surface area contributed by atoms with E-state index >= 15 is 0 Å². The van der Waals surface area contributed by atoms with Gasteiger partial charge in [-0.25, -0.2) is 0 Å². The summed E-state index contributed by atoms with van der Waals surface area (Å²) in [6.07, 6.45) is 5.22. The van der Waals surface area contributed by atoms with Gasteiger partial charge in [0.1, 0.15) is 0 Å². The van der Waals surface area contributed by atoms with Crippen molar-refractivity contribution in [2.75, 3.05) is 13.2 Å². The monoisotopic (exact) mass is 298 g/mol. The van der Waals surface area contributed by atoms with Gasteiger partial charge in [-0.15, -0.1) is 0 Å². The molecule has 4 nitrogen and oxygen atoms in total. The maximum absolute atomic E-state index is 12.6. The third-order valence-electron chi connectivity index (χ3n) is 4.64. The Morgan fingerprint density at radius 2 is 1.43 bits per heavy atom. The lowest BCUT2D eigenvalue weighted by molar-refractivity contribution is -0.179. The van der Waals surface area contributed by atoms with Crippen molar-refractivity contribution in [3.63, 3.8) is 0 Å². The Balaban J connectivity index is 3.09. The van der Waals surface area contributed by atoms with Crippen LogP contribution in [0.3, 0.4) is 0 Å². The van der Waals surface area contributed by atoms with Gasteiger partial charge in [-0.3, -0.25) is 9.59 Å². The van der Waals surface area contributed by atoms with Crippen LogP contribution in [0.1, 0.15) is 66.2 Å². The molecule has 0 aromatic rings. The van der Waals surface area contributed by atoms with E-state index in [2.05, 4.69) is 6.92 Å². The fourth-order valence-corrected chi connectivity index (χ4v) is 3.49. The molecule has 21 heavy (non-hydrogen) atoms. The van der Waals surface area contributed by atoms with Crippen LogP contribution in [0.25, 0.3) is 0 Å². The van der Waals surface area contributed by atoms with Crippen LogP contribution >= 0.6 is 0 Å². The van der Waals surface area contributed by atoms with Crippen LogP contribution in [-0.4, -0.2) is 25.2 Å². The van der Waals surface area contributed by atoms with Crippen LogP contribution < -0.4 is 0 Å². The molecule has 0 bridgehead atoms.